The Bertz CT molecular complexity index is 538. The number of rotatable bonds is 7. The van der Waals surface area contributed by atoms with E-state index < -0.39 is 0 Å². The molecule has 7 heteroatoms. The topological polar surface area (TPSA) is 70.7 Å². The highest BCUT2D eigenvalue weighted by molar-refractivity contribution is 7.99. The summed E-state index contributed by atoms with van der Waals surface area (Å²) in [5.74, 6) is 2.05. The van der Waals surface area contributed by atoms with Gasteiger partial charge >= 0.3 is 0 Å². The molecule has 0 fully saturated rings. The number of nitrogens with zero attached hydrogens (tertiary/aromatic N) is 2. The van der Waals surface area contributed by atoms with Crippen molar-refractivity contribution in [2.45, 2.75) is 32.1 Å². The summed E-state index contributed by atoms with van der Waals surface area (Å²) < 4.78 is 0. The summed E-state index contributed by atoms with van der Waals surface area (Å²) in [7, 11) is 0. The third kappa shape index (κ3) is 4.35. The van der Waals surface area contributed by atoms with E-state index in [2.05, 4.69) is 20.3 Å². The fourth-order valence-corrected chi connectivity index (χ4v) is 3.24. The van der Waals surface area contributed by atoms with E-state index >= 15 is 0 Å². The predicted octanol–water partition coefficient (Wildman–Crippen LogP) is 2.68. The molecular formula is C13H18N4OS2. The van der Waals surface area contributed by atoms with Crippen molar-refractivity contribution >= 4 is 29.0 Å². The van der Waals surface area contributed by atoms with Crippen LogP contribution in [0.4, 0.5) is 0 Å². The molecule has 0 saturated carbocycles. The van der Waals surface area contributed by atoms with Crippen molar-refractivity contribution in [3.63, 3.8) is 0 Å². The summed E-state index contributed by atoms with van der Waals surface area (Å²) in [5, 5.41) is 6.09. The van der Waals surface area contributed by atoms with E-state index in [4.69, 9.17) is 0 Å². The Balaban J connectivity index is 1.74. The Labute approximate surface area is 126 Å². The fraction of sp³-hybridized carbons (Fsp3) is 0.462. The summed E-state index contributed by atoms with van der Waals surface area (Å²) in [5.41, 5.74) is 1.04. The minimum atomic E-state index is -0.0420. The lowest BCUT2D eigenvalue weighted by Crippen LogP contribution is -2.30. The standard InChI is InChI=1S/C13H18N4OS2/c1-3-11(13-14-4-5-15-13)17-12(18)8-19-6-10-7-20-9(2)16-10/h4-5,7,11H,3,6,8H2,1-2H3,(H,14,15)(H,17,18). The number of hydrogen-bond donors (Lipinski definition) is 2. The molecule has 0 aromatic carbocycles. The third-order valence-corrected chi connectivity index (χ3v) is 4.53. The van der Waals surface area contributed by atoms with E-state index in [0.717, 1.165) is 28.7 Å². The predicted molar refractivity (Wildman–Crippen MR) is 82.8 cm³/mol. The first-order chi connectivity index (χ1) is 9.69. The van der Waals surface area contributed by atoms with Crippen molar-refractivity contribution in [1.82, 2.24) is 20.3 Å². The van der Waals surface area contributed by atoms with Gasteiger partial charge in [-0.1, -0.05) is 6.92 Å². The number of hydrogen-bond acceptors (Lipinski definition) is 5. The first-order valence-corrected chi connectivity index (χ1v) is 8.50. The summed E-state index contributed by atoms with van der Waals surface area (Å²) in [4.78, 5) is 23.5. The third-order valence-electron chi connectivity index (χ3n) is 2.74. The normalized spacial score (nSPS) is 12.3. The zero-order valence-electron chi connectivity index (χ0n) is 11.5. The van der Waals surface area contributed by atoms with Crippen molar-refractivity contribution in [1.29, 1.82) is 0 Å². The van der Waals surface area contributed by atoms with Gasteiger partial charge < -0.3 is 10.3 Å². The van der Waals surface area contributed by atoms with Gasteiger partial charge in [0.2, 0.25) is 5.91 Å². The number of aromatic nitrogens is 3. The van der Waals surface area contributed by atoms with Crippen LogP contribution in [0.25, 0.3) is 0 Å². The molecule has 2 aromatic heterocycles. The molecule has 5 nitrogen and oxygen atoms in total. The summed E-state index contributed by atoms with van der Waals surface area (Å²) in [6.07, 6.45) is 4.28. The molecule has 2 N–H and O–H groups in total. The maximum absolute atomic E-state index is 11.9. The maximum atomic E-state index is 11.9. The van der Waals surface area contributed by atoms with E-state index in [-0.39, 0.29) is 11.9 Å². The zero-order valence-corrected chi connectivity index (χ0v) is 13.2. The highest BCUT2D eigenvalue weighted by Crippen LogP contribution is 2.16. The number of thioether (sulfide) groups is 1. The quantitative estimate of drug-likeness (QED) is 0.825. The van der Waals surface area contributed by atoms with E-state index in [9.17, 15) is 4.79 Å². The number of aromatic amines is 1. The van der Waals surface area contributed by atoms with Gasteiger partial charge in [0, 0.05) is 23.5 Å². The average Bonchev–Trinajstić information content (AvgIpc) is 3.08. The molecule has 0 aliphatic heterocycles. The van der Waals surface area contributed by atoms with Crippen LogP contribution in [-0.2, 0) is 10.5 Å². The van der Waals surface area contributed by atoms with Crippen LogP contribution < -0.4 is 5.32 Å². The smallest absolute Gasteiger partial charge is 0.230 e. The van der Waals surface area contributed by atoms with Crippen LogP contribution in [0, 0.1) is 6.92 Å². The molecule has 2 heterocycles. The minimum absolute atomic E-state index is 0.0326. The number of amides is 1. The average molecular weight is 310 g/mol. The molecule has 0 aliphatic rings. The number of carbonyl (C=O) groups is 1. The summed E-state index contributed by atoms with van der Waals surface area (Å²) >= 11 is 3.22. The number of aryl methyl sites for hydroxylation is 1. The van der Waals surface area contributed by atoms with Gasteiger partial charge in [-0.25, -0.2) is 9.97 Å². The minimum Gasteiger partial charge on any atom is -0.347 e. The van der Waals surface area contributed by atoms with E-state index in [1.807, 2.05) is 19.2 Å². The van der Waals surface area contributed by atoms with Gasteiger partial charge in [-0.2, -0.15) is 0 Å². The van der Waals surface area contributed by atoms with Gasteiger partial charge in [0.05, 0.1) is 22.5 Å². The molecule has 108 valence electrons. The SMILES string of the molecule is CCC(NC(=O)CSCc1csc(C)n1)c1ncc[nH]1. The van der Waals surface area contributed by atoms with Gasteiger partial charge in [0.25, 0.3) is 0 Å². The molecule has 2 rings (SSSR count). The van der Waals surface area contributed by atoms with E-state index in [1.54, 1.807) is 35.5 Å². The maximum Gasteiger partial charge on any atom is 0.230 e. The molecule has 1 atom stereocenters. The van der Waals surface area contributed by atoms with Crippen LogP contribution in [0.5, 0.6) is 0 Å². The molecule has 0 spiro atoms. The monoisotopic (exact) mass is 310 g/mol. The van der Waals surface area contributed by atoms with Crippen molar-refractivity contribution in [3.8, 4) is 0 Å². The molecule has 0 bridgehead atoms. The fourth-order valence-electron chi connectivity index (χ4n) is 1.79. The van der Waals surface area contributed by atoms with E-state index in [1.165, 1.54) is 0 Å². The van der Waals surface area contributed by atoms with Gasteiger partial charge in [0.15, 0.2) is 0 Å². The highest BCUT2D eigenvalue weighted by Gasteiger charge is 2.14. The van der Waals surface area contributed by atoms with E-state index in [0.29, 0.717) is 5.75 Å². The Morgan fingerprint density at radius 2 is 2.45 bits per heavy atom. The second-order valence-corrected chi connectivity index (χ2v) is 6.40. The Kier molecular flexibility index (Phi) is 5.60. The lowest BCUT2D eigenvalue weighted by Gasteiger charge is -2.14. The van der Waals surface area contributed by atoms with Crippen molar-refractivity contribution in [3.05, 3.63) is 34.3 Å². The first kappa shape index (κ1) is 15.1. The number of imidazole rings is 1. The van der Waals surface area contributed by atoms with Gasteiger partial charge in [-0.15, -0.1) is 23.1 Å². The summed E-state index contributed by atoms with van der Waals surface area (Å²) in [6, 6.07) is -0.0420. The molecular weight excluding hydrogens is 292 g/mol. The van der Waals surface area contributed by atoms with Gasteiger partial charge in [0.1, 0.15) is 5.82 Å². The lowest BCUT2D eigenvalue weighted by molar-refractivity contribution is -0.119. The molecule has 0 aliphatic carbocycles. The van der Waals surface area contributed by atoms with Gasteiger partial charge in [-0.3, -0.25) is 4.79 Å². The second kappa shape index (κ2) is 7.44. The van der Waals surface area contributed by atoms with Crippen LogP contribution >= 0.6 is 23.1 Å². The van der Waals surface area contributed by atoms with Crippen molar-refractivity contribution in [2.24, 2.45) is 0 Å². The Morgan fingerprint density at radius 3 is 3.05 bits per heavy atom. The second-order valence-electron chi connectivity index (χ2n) is 4.35. The van der Waals surface area contributed by atoms with Gasteiger partial charge in [-0.05, 0) is 13.3 Å². The van der Waals surface area contributed by atoms with Crippen LogP contribution in [-0.4, -0.2) is 26.6 Å². The molecule has 0 radical (unpaired) electrons. The number of H-pyrrole nitrogens is 1. The van der Waals surface area contributed by atoms with Crippen LogP contribution in [0.2, 0.25) is 0 Å². The van der Waals surface area contributed by atoms with Crippen LogP contribution in [0.1, 0.15) is 35.9 Å². The molecule has 1 unspecified atom stereocenters. The summed E-state index contributed by atoms with van der Waals surface area (Å²) in [6.45, 7) is 4.01. The number of carbonyl (C=O) groups excluding carboxylic acids is 1. The zero-order chi connectivity index (χ0) is 14.4. The molecule has 20 heavy (non-hydrogen) atoms. The number of thiazole rings is 1. The Hall–Kier alpha value is -1.34. The van der Waals surface area contributed by atoms with Crippen molar-refractivity contribution in [2.75, 3.05) is 5.75 Å². The molecule has 1 amide bonds. The van der Waals surface area contributed by atoms with Crippen LogP contribution in [0.3, 0.4) is 0 Å². The molecule has 0 saturated heterocycles. The van der Waals surface area contributed by atoms with Crippen molar-refractivity contribution < 1.29 is 4.79 Å². The Morgan fingerprint density at radius 1 is 1.60 bits per heavy atom. The largest absolute Gasteiger partial charge is 0.347 e. The highest BCUT2D eigenvalue weighted by atomic mass is 32.2. The first-order valence-electron chi connectivity index (χ1n) is 6.46. The number of nitrogens with one attached hydrogen (secondary N) is 2. The lowest BCUT2D eigenvalue weighted by atomic mass is 10.2. The molecule has 2 aromatic rings. The van der Waals surface area contributed by atoms with Crippen LogP contribution in [0.15, 0.2) is 17.8 Å².